The Kier molecular flexibility index (Phi) is 5.46. The summed E-state index contributed by atoms with van der Waals surface area (Å²) in [5.74, 6) is 0.237. The molecule has 0 heterocycles. The number of aliphatic hydroxyl groups excluding tert-OH is 2. The number of aliphatic hydroxyl groups is 2. The van der Waals surface area contributed by atoms with E-state index in [-0.39, 0.29) is 12.0 Å². The highest BCUT2D eigenvalue weighted by Crippen LogP contribution is 2.10. The summed E-state index contributed by atoms with van der Waals surface area (Å²) in [6, 6.07) is 9.52. The maximum absolute atomic E-state index is 9.83. The van der Waals surface area contributed by atoms with Crippen LogP contribution in [-0.2, 0) is 0 Å². The predicted molar refractivity (Wildman–Crippen MR) is 65.1 cm³/mol. The van der Waals surface area contributed by atoms with Gasteiger partial charge in [0.15, 0.2) is 0 Å². The lowest BCUT2D eigenvalue weighted by Gasteiger charge is -2.17. The summed E-state index contributed by atoms with van der Waals surface area (Å²) < 4.78 is 0. The van der Waals surface area contributed by atoms with Crippen molar-refractivity contribution in [3.63, 3.8) is 0 Å². The molecule has 3 nitrogen and oxygen atoms in total. The minimum absolute atomic E-state index is 0.237. The molecule has 0 spiro atoms. The first-order chi connectivity index (χ1) is 7.61. The normalized spacial score (nSPS) is 15.1. The Morgan fingerprint density at radius 1 is 1.06 bits per heavy atom. The van der Waals surface area contributed by atoms with E-state index in [1.807, 2.05) is 44.2 Å². The second-order valence-electron chi connectivity index (χ2n) is 4.40. The third-order valence-corrected chi connectivity index (χ3v) is 2.65. The van der Waals surface area contributed by atoms with Crippen molar-refractivity contribution in [2.24, 2.45) is 5.92 Å². The molecule has 2 unspecified atom stereocenters. The lowest BCUT2D eigenvalue weighted by molar-refractivity contribution is 0.113. The molecule has 0 bridgehead atoms. The molecule has 0 aliphatic heterocycles. The van der Waals surface area contributed by atoms with Crippen molar-refractivity contribution in [3.05, 3.63) is 35.9 Å². The molecule has 2 atom stereocenters. The molecule has 90 valence electrons. The molecule has 0 saturated carbocycles. The maximum atomic E-state index is 9.83. The highest BCUT2D eigenvalue weighted by Gasteiger charge is 2.10. The van der Waals surface area contributed by atoms with Crippen LogP contribution in [0, 0.1) is 5.92 Å². The fourth-order valence-corrected chi connectivity index (χ4v) is 1.40. The van der Waals surface area contributed by atoms with E-state index < -0.39 is 6.10 Å². The number of benzene rings is 1. The van der Waals surface area contributed by atoms with Crippen molar-refractivity contribution in [1.82, 2.24) is 5.32 Å². The number of hydrogen-bond donors (Lipinski definition) is 3. The van der Waals surface area contributed by atoms with Crippen LogP contribution >= 0.6 is 0 Å². The summed E-state index contributed by atoms with van der Waals surface area (Å²) in [4.78, 5) is 0. The molecule has 1 aromatic carbocycles. The van der Waals surface area contributed by atoms with E-state index in [1.54, 1.807) is 0 Å². The Balaban J connectivity index is 2.28. The van der Waals surface area contributed by atoms with Crippen LogP contribution in [0.15, 0.2) is 30.3 Å². The smallest absolute Gasteiger partial charge is 0.0914 e. The fraction of sp³-hybridized carbons (Fsp3) is 0.538. The lowest BCUT2D eigenvalue weighted by Crippen LogP contribution is -2.33. The van der Waals surface area contributed by atoms with Gasteiger partial charge in [-0.1, -0.05) is 44.2 Å². The van der Waals surface area contributed by atoms with Gasteiger partial charge in [0.1, 0.15) is 0 Å². The quantitative estimate of drug-likeness (QED) is 0.682. The molecule has 1 rings (SSSR count). The van der Waals surface area contributed by atoms with Gasteiger partial charge in [-0.2, -0.15) is 0 Å². The topological polar surface area (TPSA) is 52.5 Å². The van der Waals surface area contributed by atoms with Crippen molar-refractivity contribution in [2.75, 3.05) is 13.1 Å². The Morgan fingerprint density at radius 2 is 1.69 bits per heavy atom. The monoisotopic (exact) mass is 223 g/mol. The summed E-state index contributed by atoms with van der Waals surface area (Å²) in [5.41, 5.74) is 0.897. The zero-order chi connectivity index (χ0) is 12.0. The lowest BCUT2D eigenvalue weighted by atomic mass is 10.1. The van der Waals surface area contributed by atoms with Gasteiger partial charge < -0.3 is 15.5 Å². The van der Waals surface area contributed by atoms with E-state index in [4.69, 9.17) is 0 Å². The third-order valence-electron chi connectivity index (χ3n) is 2.65. The highest BCUT2D eigenvalue weighted by molar-refractivity contribution is 5.17. The maximum Gasteiger partial charge on any atom is 0.0914 e. The summed E-state index contributed by atoms with van der Waals surface area (Å²) in [6.45, 7) is 4.93. The minimum Gasteiger partial charge on any atom is -0.392 e. The predicted octanol–water partition coefficient (Wildman–Crippen LogP) is 1.33. The van der Waals surface area contributed by atoms with Gasteiger partial charge in [0, 0.05) is 13.1 Å². The fourth-order valence-electron chi connectivity index (χ4n) is 1.40. The molecular formula is C13H21NO2. The average Bonchev–Trinajstić information content (AvgIpc) is 2.29. The van der Waals surface area contributed by atoms with Crippen molar-refractivity contribution >= 4 is 0 Å². The van der Waals surface area contributed by atoms with Gasteiger partial charge in [-0.3, -0.25) is 0 Å². The van der Waals surface area contributed by atoms with Gasteiger partial charge in [-0.05, 0) is 11.5 Å². The molecule has 0 amide bonds. The minimum atomic E-state index is -0.513. The van der Waals surface area contributed by atoms with Crippen LogP contribution in [-0.4, -0.2) is 29.4 Å². The molecule has 16 heavy (non-hydrogen) atoms. The first-order valence-corrected chi connectivity index (χ1v) is 5.73. The second-order valence-corrected chi connectivity index (χ2v) is 4.40. The van der Waals surface area contributed by atoms with Crippen molar-refractivity contribution in [1.29, 1.82) is 0 Å². The summed E-state index contributed by atoms with van der Waals surface area (Å²) >= 11 is 0. The van der Waals surface area contributed by atoms with Crippen LogP contribution in [0.1, 0.15) is 25.5 Å². The van der Waals surface area contributed by atoms with Crippen LogP contribution in [0.4, 0.5) is 0 Å². The Morgan fingerprint density at radius 3 is 2.25 bits per heavy atom. The highest BCUT2D eigenvalue weighted by atomic mass is 16.3. The van der Waals surface area contributed by atoms with E-state index in [9.17, 15) is 10.2 Å². The van der Waals surface area contributed by atoms with Crippen molar-refractivity contribution in [2.45, 2.75) is 26.1 Å². The van der Waals surface area contributed by atoms with Crippen molar-refractivity contribution in [3.8, 4) is 0 Å². The summed E-state index contributed by atoms with van der Waals surface area (Å²) in [5, 5.41) is 22.5. The van der Waals surface area contributed by atoms with Crippen molar-refractivity contribution < 1.29 is 10.2 Å². The molecule has 0 saturated heterocycles. The zero-order valence-electron chi connectivity index (χ0n) is 9.93. The number of hydrogen-bond acceptors (Lipinski definition) is 3. The SMILES string of the molecule is CC(C)C(O)CNCC(O)c1ccccc1. The molecule has 0 aliphatic rings. The van der Waals surface area contributed by atoms with Gasteiger partial charge in [0.25, 0.3) is 0 Å². The molecule has 0 aromatic heterocycles. The van der Waals surface area contributed by atoms with Gasteiger partial charge in [0.05, 0.1) is 12.2 Å². The van der Waals surface area contributed by atoms with E-state index in [0.29, 0.717) is 13.1 Å². The van der Waals surface area contributed by atoms with E-state index in [1.165, 1.54) is 0 Å². The van der Waals surface area contributed by atoms with Gasteiger partial charge in [0.2, 0.25) is 0 Å². The molecular weight excluding hydrogens is 202 g/mol. The van der Waals surface area contributed by atoms with Gasteiger partial charge in [-0.15, -0.1) is 0 Å². The first-order valence-electron chi connectivity index (χ1n) is 5.73. The van der Waals surface area contributed by atoms with Crippen LogP contribution in [0.25, 0.3) is 0 Å². The average molecular weight is 223 g/mol. The van der Waals surface area contributed by atoms with Gasteiger partial charge >= 0.3 is 0 Å². The number of nitrogens with one attached hydrogen (secondary N) is 1. The second kappa shape index (κ2) is 6.63. The van der Waals surface area contributed by atoms with Crippen LogP contribution in [0.3, 0.4) is 0 Å². The Labute approximate surface area is 97.1 Å². The van der Waals surface area contributed by atoms with Crippen LogP contribution < -0.4 is 5.32 Å². The molecule has 0 aliphatic carbocycles. The van der Waals surface area contributed by atoms with E-state index in [2.05, 4.69) is 5.32 Å². The Bertz CT molecular complexity index is 287. The molecule has 3 N–H and O–H groups in total. The molecule has 0 fully saturated rings. The van der Waals surface area contributed by atoms with Crippen LogP contribution in [0.5, 0.6) is 0 Å². The largest absolute Gasteiger partial charge is 0.392 e. The van der Waals surface area contributed by atoms with E-state index >= 15 is 0 Å². The third kappa shape index (κ3) is 4.31. The summed E-state index contributed by atoms with van der Waals surface area (Å²) in [6.07, 6.45) is -0.872. The zero-order valence-corrected chi connectivity index (χ0v) is 9.93. The van der Waals surface area contributed by atoms with Gasteiger partial charge in [-0.25, -0.2) is 0 Å². The molecule has 0 radical (unpaired) electrons. The molecule has 3 heteroatoms. The number of rotatable bonds is 6. The molecule has 1 aromatic rings. The first kappa shape index (κ1) is 13.2. The van der Waals surface area contributed by atoms with Crippen LogP contribution in [0.2, 0.25) is 0 Å². The van der Waals surface area contributed by atoms with E-state index in [0.717, 1.165) is 5.56 Å². The summed E-state index contributed by atoms with van der Waals surface area (Å²) in [7, 11) is 0. The Hall–Kier alpha value is -0.900. The standard InChI is InChI=1S/C13H21NO2/c1-10(2)12(15)8-14-9-13(16)11-6-4-3-5-7-11/h3-7,10,12-16H,8-9H2,1-2H3.